The number of rotatable bonds is 4. The molecule has 0 amide bonds. The quantitative estimate of drug-likeness (QED) is 0.612. The van der Waals surface area contributed by atoms with Crippen molar-refractivity contribution in [3.05, 3.63) is 34.4 Å². The molecule has 0 spiro atoms. The second-order valence-corrected chi connectivity index (χ2v) is 7.39. The SMILES string of the molecule is O=[N+]([O-])c1ccccc1S(=O)(=O)N1CC(N2CCNCC2)C1. The molecule has 0 unspecified atom stereocenters. The summed E-state index contributed by atoms with van der Waals surface area (Å²) in [4.78, 5) is 12.4. The minimum Gasteiger partial charge on any atom is -0.314 e. The molecule has 2 saturated heterocycles. The lowest BCUT2D eigenvalue weighted by Crippen LogP contribution is -2.63. The zero-order valence-corrected chi connectivity index (χ0v) is 12.8. The summed E-state index contributed by atoms with van der Waals surface area (Å²) in [7, 11) is -3.80. The summed E-state index contributed by atoms with van der Waals surface area (Å²) in [6.07, 6.45) is 0. The van der Waals surface area contributed by atoms with Gasteiger partial charge in [-0.05, 0) is 6.07 Å². The average molecular weight is 326 g/mol. The average Bonchev–Trinajstić information content (AvgIpc) is 2.46. The summed E-state index contributed by atoms with van der Waals surface area (Å²) in [6.45, 7) is 4.43. The number of sulfonamides is 1. The number of piperazine rings is 1. The monoisotopic (exact) mass is 326 g/mol. The van der Waals surface area contributed by atoms with Gasteiger partial charge in [0.1, 0.15) is 0 Å². The molecule has 0 atom stereocenters. The summed E-state index contributed by atoms with van der Waals surface area (Å²) < 4.78 is 26.4. The molecule has 22 heavy (non-hydrogen) atoms. The van der Waals surface area contributed by atoms with Crippen LogP contribution < -0.4 is 5.32 Å². The van der Waals surface area contributed by atoms with E-state index < -0.39 is 14.9 Å². The van der Waals surface area contributed by atoms with E-state index in [9.17, 15) is 18.5 Å². The van der Waals surface area contributed by atoms with E-state index in [1.54, 1.807) is 0 Å². The second-order valence-electron chi connectivity index (χ2n) is 5.49. The molecular formula is C13H18N4O4S. The predicted molar refractivity (Wildman–Crippen MR) is 80.1 cm³/mol. The predicted octanol–water partition coefficient (Wildman–Crippen LogP) is -0.127. The van der Waals surface area contributed by atoms with Crippen LogP contribution in [0.3, 0.4) is 0 Å². The molecule has 2 heterocycles. The van der Waals surface area contributed by atoms with Gasteiger partial charge in [-0.2, -0.15) is 4.31 Å². The van der Waals surface area contributed by atoms with E-state index in [4.69, 9.17) is 0 Å². The van der Waals surface area contributed by atoms with E-state index in [1.165, 1.54) is 28.6 Å². The maximum atomic E-state index is 12.6. The van der Waals surface area contributed by atoms with Crippen LogP contribution in [0.25, 0.3) is 0 Å². The highest BCUT2D eigenvalue weighted by molar-refractivity contribution is 7.89. The van der Waals surface area contributed by atoms with Crippen LogP contribution in [0.15, 0.2) is 29.2 Å². The third-order valence-electron chi connectivity index (χ3n) is 4.18. The first kappa shape index (κ1) is 15.3. The number of nitrogens with zero attached hydrogens (tertiary/aromatic N) is 3. The van der Waals surface area contributed by atoms with Crippen LogP contribution in [-0.2, 0) is 10.0 Å². The van der Waals surface area contributed by atoms with Crippen LogP contribution in [0.4, 0.5) is 5.69 Å². The molecule has 8 nitrogen and oxygen atoms in total. The summed E-state index contributed by atoms with van der Waals surface area (Å²) in [5, 5.41) is 14.3. The maximum absolute atomic E-state index is 12.6. The van der Waals surface area contributed by atoms with Crippen molar-refractivity contribution >= 4 is 15.7 Å². The van der Waals surface area contributed by atoms with Crippen LogP contribution in [0.2, 0.25) is 0 Å². The Balaban J connectivity index is 1.74. The third kappa shape index (κ3) is 2.72. The van der Waals surface area contributed by atoms with Gasteiger partial charge in [0.25, 0.3) is 5.69 Å². The van der Waals surface area contributed by atoms with Gasteiger partial charge in [-0.1, -0.05) is 12.1 Å². The summed E-state index contributed by atoms with van der Waals surface area (Å²) in [5.74, 6) is 0. The van der Waals surface area contributed by atoms with Gasteiger partial charge in [-0.3, -0.25) is 15.0 Å². The van der Waals surface area contributed by atoms with Gasteiger partial charge in [0.05, 0.1) is 4.92 Å². The topological polar surface area (TPSA) is 95.8 Å². The Hall–Kier alpha value is -1.55. The smallest absolute Gasteiger partial charge is 0.289 e. The minimum atomic E-state index is -3.80. The van der Waals surface area contributed by atoms with Crippen molar-refractivity contribution in [2.75, 3.05) is 39.3 Å². The molecule has 0 aromatic heterocycles. The van der Waals surface area contributed by atoms with E-state index in [2.05, 4.69) is 10.2 Å². The zero-order valence-electron chi connectivity index (χ0n) is 12.0. The largest absolute Gasteiger partial charge is 0.314 e. The Labute approximate surface area is 128 Å². The van der Waals surface area contributed by atoms with Gasteiger partial charge in [-0.25, -0.2) is 8.42 Å². The molecule has 3 rings (SSSR count). The number of nitro benzene ring substituents is 1. The molecule has 2 aliphatic heterocycles. The number of para-hydroxylation sites is 1. The number of benzene rings is 1. The van der Waals surface area contributed by atoms with E-state index in [0.29, 0.717) is 13.1 Å². The van der Waals surface area contributed by atoms with Gasteiger partial charge < -0.3 is 5.32 Å². The van der Waals surface area contributed by atoms with Crippen molar-refractivity contribution in [1.29, 1.82) is 0 Å². The number of hydrogen-bond donors (Lipinski definition) is 1. The Morgan fingerprint density at radius 3 is 2.45 bits per heavy atom. The van der Waals surface area contributed by atoms with Crippen LogP contribution in [-0.4, -0.2) is 67.9 Å². The van der Waals surface area contributed by atoms with E-state index in [0.717, 1.165) is 26.2 Å². The number of nitrogens with one attached hydrogen (secondary N) is 1. The van der Waals surface area contributed by atoms with Gasteiger partial charge in [0, 0.05) is 51.4 Å². The normalized spacial score (nSPS) is 21.5. The van der Waals surface area contributed by atoms with E-state index in [-0.39, 0.29) is 16.6 Å². The van der Waals surface area contributed by atoms with Crippen molar-refractivity contribution in [1.82, 2.24) is 14.5 Å². The lowest BCUT2D eigenvalue weighted by Gasteiger charge is -2.45. The first-order valence-corrected chi connectivity index (χ1v) is 8.62. The summed E-state index contributed by atoms with van der Waals surface area (Å²) >= 11 is 0. The third-order valence-corrected chi connectivity index (χ3v) is 6.06. The van der Waals surface area contributed by atoms with Gasteiger partial charge in [-0.15, -0.1) is 0 Å². The lowest BCUT2D eigenvalue weighted by atomic mass is 10.1. The molecule has 2 fully saturated rings. The van der Waals surface area contributed by atoms with Crippen LogP contribution in [0.1, 0.15) is 0 Å². The molecule has 1 aromatic rings. The van der Waals surface area contributed by atoms with Crippen molar-refractivity contribution in [2.24, 2.45) is 0 Å². The molecule has 1 N–H and O–H groups in total. The summed E-state index contributed by atoms with van der Waals surface area (Å²) in [5.41, 5.74) is -0.367. The Bertz CT molecular complexity index is 666. The molecule has 1 aromatic carbocycles. The Morgan fingerprint density at radius 2 is 1.82 bits per heavy atom. The van der Waals surface area contributed by atoms with Crippen molar-refractivity contribution in [2.45, 2.75) is 10.9 Å². The number of nitro groups is 1. The highest BCUT2D eigenvalue weighted by atomic mass is 32.2. The van der Waals surface area contributed by atoms with Crippen molar-refractivity contribution in [3.63, 3.8) is 0 Å². The van der Waals surface area contributed by atoms with E-state index >= 15 is 0 Å². The Kier molecular flexibility index (Phi) is 4.13. The van der Waals surface area contributed by atoms with Crippen LogP contribution in [0.5, 0.6) is 0 Å². The molecule has 2 aliphatic rings. The molecule has 0 saturated carbocycles. The molecule has 0 bridgehead atoms. The number of hydrogen-bond acceptors (Lipinski definition) is 6. The highest BCUT2D eigenvalue weighted by Gasteiger charge is 2.42. The van der Waals surface area contributed by atoms with Crippen LogP contribution >= 0.6 is 0 Å². The molecule has 0 aliphatic carbocycles. The first-order valence-electron chi connectivity index (χ1n) is 7.18. The minimum absolute atomic E-state index is 0.208. The Morgan fingerprint density at radius 1 is 1.18 bits per heavy atom. The second kappa shape index (κ2) is 5.92. The van der Waals surface area contributed by atoms with Crippen LogP contribution in [0, 0.1) is 10.1 Å². The molecule has 120 valence electrons. The highest BCUT2D eigenvalue weighted by Crippen LogP contribution is 2.30. The molecule has 0 radical (unpaired) electrons. The molecular weight excluding hydrogens is 308 g/mol. The van der Waals surface area contributed by atoms with Crippen molar-refractivity contribution in [3.8, 4) is 0 Å². The van der Waals surface area contributed by atoms with Gasteiger partial charge in [0.15, 0.2) is 4.90 Å². The first-order chi connectivity index (χ1) is 10.5. The molecule has 9 heteroatoms. The maximum Gasteiger partial charge on any atom is 0.289 e. The standard InChI is InChI=1S/C13H18N4O4S/c18-17(19)12-3-1-2-4-13(12)22(20,21)16-9-11(10-16)15-7-5-14-6-8-15/h1-4,11,14H,5-10H2. The zero-order chi connectivity index (χ0) is 15.7. The fourth-order valence-electron chi connectivity index (χ4n) is 2.86. The fraction of sp³-hybridized carbons (Fsp3) is 0.538. The van der Waals surface area contributed by atoms with Crippen molar-refractivity contribution < 1.29 is 13.3 Å². The summed E-state index contributed by atoms with van der Waals surface area (Å²) in [6, 6.07) is 5.70. The fourth-order valence-corrected chi connectivity index (χ4v) is 4.53. The van der Waals surface area contributed by atoms with E-state index in [1.807, 2.05) is 0 Å². The van der Waals surface area contributed by atoms with Gasteiger partial charge >= 0.3 is 0 Å². The lowest BCUT2D eigenvalue weighted by molar-refractivity contribution is -0.387. The van der Waals surface area contributed by atoms with Gasteiger partial charge in [0.2, 0.25) is 10.0 Å².